The minimum absolute atomic E-state index is 0.263. The van der Waals surface area contributed by atoms with Crippen molar-refractivity contribution < 1.29 is 23.9 Å². The zero-order chi connectivity index (χ0) is 21.6. The number of aryl methyl sites for hydroxylation is 1. The van der Waals surface area contributed by atoms with E-state index in [9.17, 15) is 19.2 Å². The van der Waals surface area contributed by atoms with Crippen LogP contribution in [0.4, 0.5) is 5.69 Å². The van der Waals surface area contributed by atoms with Crippen LogP contribution >= 0.6 is 15.9 Å². The van der Waals surface area contributed by atoms with Crippen molar-refractivity contribution in [3.8, 4) is 0 Å². The summed E-state index contributed by atoms with van der Waals surface area (Å²) in [7, 11) is 1.15. The summed E-state index contributed by atoms with van der Waals surface area (Å²) >= 11 is 3.30. The molecule has 2 atom stereocenters. The maximum atomic E-state index is 13.2. The van der Waals surface area contributed by atoms with Crippen LogP contribution in [-0.4, -0.2) is 47.6 Å². The van der Waals surface area contributed by atoms with Gasteiger partial charge in [0.05, 0.1) is 12.8 Å². The lowest BCUT2D eigenvalue weighted by Gasteiger charge is -2.20. The molecule has 0 aliphatic carbocycles. The van der Waals surface area contributed by atoms with Crippen LogP contribution in [-0.2, 0) is 19.1 Å². The predicted octanol–water partition coefficient (Wildman–Crippen LogP) is 2.30. The fourth-order valence-corrected chi connectivity index (χ4v) is 3.79. The zero-order valence-corrected chi connectivity index (χ0v) is 17.6. The van der Waals surface area contributed by atoms with E-state index in [0.717, 1.165) is 27.1 Å². The highest BCUT2D eigenvalue weighted by Crippen LogP contribution is 2.36. The summed E-state index contributed by atoms with van der Waals surface area (Å²) in [5.41, 5.74) is 1.33. The molecule has 0 N–H and O–H groups in total. The third-order valence-electron chi connectivity index (χ3n) is 5.04. The lowest BCUT2D eigenvalue weighted by molar-refractivity contribution is -0.133. The quantitative estimate of drug-likeness (QED) is 0.507. The number of halogens is 1. The molecule has 2 aromatic carbocycles. The molecule has 0 radical (unpaired) electrons. The molecule has 9 heteroatoms. The second kappa shape index (κ2) is 7.49. The molecule has 30 heavy (non-hydrogen) atoms. The van der Waals surface area contributed by atoms with Crippen LogP contribution in [0, 0.1) is 12.8 Å². The number of methoxy groups -OCH3 is 1. The molecule has 1 fully saturated rings. The number of benzene rings is 2. The molecular formula is C21H16BrN3O5. The summed E-state index contributed by atoms with van der Waals surface area (Å²) < 4.78 is 5.51. The van der Waals surface area contributed by atoms with Crippen molar-refractivity contribution in [2.24, 2.45) is 11.0 Å². The van der Waals surface area contributed by atoms with Crippen molar-refractivity contribution in [1.29, 1.82) is 0 Å². The second-order valence-electron chi connectivity index (χ2n) is 6.90. The van der Waals surface area contributed by atoms with Crippen LogP contribution in [0.5, 0.6) is 0 Å². The number of amides is 3. The van der Waals surface area contributed by atoms with E-state index in [2.05, 4.69) is 21.0 Å². The van der Waals surface area contributed by atoms with Gasteiger partial charge in [0.25, 0.3) is 11.8 Å². The molecule has 2 aromatic rings. The Labute approximate surface area is 180 Å². The van der Waals surface area contributed by atoms with Gasteiger partial charge >= 0.3 is 5.97 Å². The Morgan fingerprint density at radius 2 is 1.63 bits per heavy atom. The fourth-order valence-electron chi connectivity index (χ4n) is 3.53. The Bertz CT molecular complexity index is 1090. The van der Waals surface area contributed by atoms with E-state index in [1.165, 1.54) is 0 Å². The van der Waals surface area contributed by atoms with Crippen molar-refractivity contribution in [3.63, 3.8) is 0 Å². The molecule has 0 aromatic heterocycles. The van der Waals surface area contributed by atoms with E-state index in [4.69, 9.17) is 4.74 Å². The molecule has 2 aliphatic rings. The average Bonchev–Trinajstić information content (AvgIpc) is 3.25. The highest BCUT2D eigenvalue weighted by atomic mass is 79.9. The van der Waals surface area contributed by atoms with E-state index in [1.54, 1.807) is 48.5 Å². The first-order valence-corrected chi connectivity index (χ1v) is 9.83. The number of hydrogen-bond acceptors (Lipinski definition) is 6. The number of hydrogen-bond donors (Lipinski definition) is 0. The van der Waals surface area contributed by atoms with E-state index in [-0.39, 0.29) is 11.3 Å². The van der Waals surface area contributed by atoms with Gasteiger partial charge in [0.1, 0.15) is 5.92 Å². The molecular weight excluding hydrogens is 454 g/mol. The molecule has 152 valence electrons. The van der Waals surface area contributed by atoms with Gasteiger partial charge in [-0.1, -0.05) is 33.6 Å². The number of ether oxygens (including phenoxy) is 1. The standard InChI is InChI=1S/C21H16BrN3O5/c1-11-3-9-14(10-4-11)24-19(27)15-16(21(29)30-2)23-25(17(15)20(24)28)18(26)12-5-7-13(22)8-6-12/h3-10,15,17H,1-2H3. The van der Waals surface area contributed by atoms with Crippen LogP contribution in [0.1, 0.15) is 15.9 Å². The Morgan fingerprint density at radius 3 is 2.23 bits per heavy atom. The molecule has 2 heterocycles. The Hall–Kier alpha value is -3.33. The van der Waals surface area contributed by atoms with E-state index in [1.807, 2.05) is 6.92 Å². The highest BCUT2D eigenvalue weighted by molar-refractivity contribution is 9.10. The first-order valence-electron chi connectivity index (χ1n) is 9.04. The number of fused-ring (bicyclic) bond motifs is 1. The van der Waals surface area contributed by atoms with Gasteiger partial charge in [0, 0.05) is 10.0 Å². The second-order valence-corrected chi connectivity index (χ2v) is 7.82. The first kappa shape index (κ1) is 20.0. The van der Waals surface area contributed by atoms with Gasteiger partial charge in [-0.3, -0.25) is 14.4 Å². The zero-order valence-electron chi connectivity index (χ0n) is 16.0. The number of imide groups is 1. The van der Waals surface area contributed by atoms with Crippen molar-refractivity contribution in [3.05, 3.63) is 64.1 Å². The predicted molar refractivity (Wildman–Crippen MR) is 111 cm³/mol. The molecule has 2 aliphatic heterocycles. The highest BCUT2D eigenvalue weighted by Gasteiger charge is 2.60. The van der Waals surface area contributed by atoms with Gasteiger partial charge in [0.15, 0.2) is 11.8 Å². The van der Waals surface area contributed by atoms with Crippen molar-refractivity contribution in [2.75, 3.05) is 12.0 Å². The average molecular weight is 470 g/mol. The molecule has 1 saturated heterocycles. The van der Waals surface area contributed by atoms with E-state index >= 15 is 0 Å². The topological polar surface area (TPSA) is 96.3 Å². The van der Waals surface area contributed by atoms with Crippen LogP contribution in [0.15, 0.2) is 58.1 Å². The number of nitrogens with zero attached hydrogens (tertiary/aromatic N) is 3. The summed E-state index contributed by atoms with van der Waals surface area (Å²) in [4.78, 5) is 52.7. The summed E-state index contributed by atoms with van der Waals surface area (Å²) in [5.74, 6) is -3.91. The fraction of sp³-hybridized carbons (Fsp3) is 0.190. The van der Waals surface area contributed by atoms with E-state index in [0.29, 0.717) is 5.69 Å². The molecule has 8 nitrogen and oxygen atoms in total. The summed E-state index contributed by atoms with van der Waals surface area (Å²) in [5, 5.41) is 4.94. The molecule has 0 bridgehead atoms. The molecule has 0 spiro atoms. The molecule has 4 rings (SSSR count). The van der Waals surface area contributed by atoms with Gasteiger partial charge in [-0.05, 0) is 43.3 Å². The number of esters is 1. The monoisotopic (exact) mass is 469 g/mol. The van der Waals surface area contributed by atoms with E-state index < -0.39 is 35.7 Å². The maximum Gasteiger partial charge on any atom is 0.355 e. The number of hydrazone groups is 1. The number of carbonyl (C=O) groups excluding carboxylic acids is 4. The van der Waals surface area contributed by atoms with Gasteiger partial charge in [0.2, 0.25) is 5.91 Å². The summed E-state index contributed by atoms with van der Waals surface area (Å²) in [6.07, 6.45) is 0. The van der Waals surface area contributed by atoms with Crippen LogP contribution in [0.2, 0.25) is 0 Å². The van der Waals surface area contributed by atoms with Gasteiger partial charge in [-0.25, -0.2) is 14.7 Å². The van der Waals surface area contributed by atoms with Crippen molar-refractivity contribution in [1.82, 2.24) is 5.01 Å². The van der Waals surface area contributed by atoms with Crippen LogP contribution in [0.3, 0.4) is 0 Å². The Kier molecular flexibility index (Phi) is 4.98. The largest absolute Gasteiger partial charge is 0.464 e. The number of rotatable bonds is 3. The van der Waals surface area contributed by atoms with Gasteiger partial charge in [-0.2, -0.15) is 5.10 Å². The van der Waals surface area contributed by atoms with Gasteiger partial charge < -0.3 is 4.74 Å². The van der Waals surface area contributed by atoms with Crippen molar-refractivity contribution >= 4 is 51.0 Å². The first-order chi connectivity index (χ1) is 14.3. The smallest absolute Gasteiger partial charge is 0.355 e. The maximum absolute atomic E-state index is 13.2. The van der Waals surface area contributed by atoms with Crippen LogP contribution in [0.25, 0.3) is 0 Å². The minimum atomic E-state index is -1.25. The third-order valence-corrected chi connectivity index (χ3v) is 5.56. The normalized spacial score (nSPS) is 20.3. The molecule has 3 amide bonds. The Balaban J connectivity index is 1.76. The number of carbonyl (C=O) groups is 4. The Morgan fingerprint density at radius 1 is 1.00 bits per heavy atom. The summed E-state index contributed by atoms with van der Waals surface area (Å²) in [6.45, 7) is 1.88. The third kappa shape index (κ3) is 3.11. The lowest BCUT2D eigenvalue weighted by atomic mass is 9.97. The molecule has 0 saturated carbocycles. The van der Waals surface area contributed by atoms with Crippen molar-refractivity contribution in [2.45, 2.75) is 13.0 Å². The number of anilines is 1. The van der Waals surface area contributed by atoms with Crippen LogP contribution < -0.4 is 4.90 Å². The van der Waals surface area contributed by atoms with Gasteiger partial charge in [-0.15, -0.1) is 0 Å². The SMILES string of the molecule is COC(=O)C1=NN(C(=O)c2ccc(Br)cc2)C2C(=O)N(c3ccc(C)cc3)C(=O)C12. The molecule has 2 unspecified atom stereocenters. The lowest BCUT2D eigenvalue weighted by Crippen LogP contribution is -2.42. The summed E-state index contributed by atoms with van der Waals surface area (Å²) in [6, 6.07) is 12.0. The minimum Gasteiger partial charge on any atom is -0.464 e.